The van der Waals surface area contributed by atoms with E-state index in [2.05, 4.69) is 41.4 Å². The highest BCUT2D eigenvalue weighted by atomic mass is 15.1. The van der Waals surface area contributed by atoms with E-state index < -0.39 is 0 Å². The lowest BCUT2D eigenvalue weighted by atomic mass is 10.2. The van der Waals surface area contributed by atoms with E-state index in [1.54, 1.807) is 0 Å². The number of unbranched alkanes of at least 4 members (excludes halogenated alkanes) is 1. The van der Waals surface area contributed by atoms with Gasteiger partial charge in [-0.2, -0.15) is 4.98 Å². The number of aromatic nitrogens is 2. The zero-order valence-corrected chi connectivity index (χ0v) is 11.4. The molecule has 0 aromatic carbocycles. The van der Waals surface area contributed by atoms with E-state index in [0.717, 1.165) is 36.8 Å². The molecule has 1 aromatic rings. The SMILES string of the molecule is CCCCNc1nc(C)cc(NC(C)CC)n1. The second-order valence-corrected chi connectivity index (χ2v) is 4.45. The van der Waals surface area contributed by atoms with Gasteiger partial charge in [0, 0.05) is 24.3 Å². The van der Waals surface area contributed by atoms with Gasteiger partial charge in [0.05, 0.1) is 0 Å². The second-order valence-electron chi connectivity index (χ2n) is 4.45. The highest BCUT2D eigenvalue weighted by Gasteiger charge is 2.04. The fraction of sp³-hybridized carbons (Fsp3) is 0.692. The van der Waals surface area contributed by atoms with Gasteiger partial charge in [0.2, 0.25) is 5.95 Å². The molecule has 2 N–H and O–H groups in total. The molecule has 0 amide bonds. The quantitative estimate of drug-likeness (QED) is 0.714. The largest absolute Gasteiger partial charge is 0.367 e. The van der Waals surface area contributed by atoms with Crippen LogP contribution in [0, 0.1) is 6.92 Å². The molecule has 1 heterocycles. The van der Waals surface area contributed by atoms with Gasteiger partial charge in [-0.05, 0) is 26.7 Å². The molecule has 1 atom stereocenters. The highest BCUT2D eigenvalue weighted by molar-refractivity contribution is 5.42. The Balaban J connectivity index is 2.65. The van der Waals surface area contributed by atoms with Crippen molar-refractivity contribution in [2.24, 2.45) is 0 Å². The summed E-state index contributed by atoms with van der Waals surface area (Å²) < 4.78 is 0. The number of nitrogens with zero attached hydrogens (tertiary/aromatic N) is 2. The number of hydrogen-bond acceptors (Lipinski definition) is 4. The lowest BCUT2D eigenvalue weighted by Gasteiger charge is -2.13. The van der Waals surface area contributed by atoms with Crippen LogP contribution >= 0.6 is 0 Å². The Morgan fingerprint density at radius 3 is 2.71 bits per heavy atom. The van der Waals surface area contributed by atoms with Gasteiger partial charge in [0.1, 0.15) is 5.82 Å². The van der Waals surface area contributed by atoms with Gasteiger partial charge in [-0.15, -0.1) is 0 Å². The smallest absolute Gasteiger partial charge is 0.224 e. The average Bonchev–Trinajstić information content (AvgIpc) is 2.28. The van der Waals surface area contributed by atoms with Gasteiger partial charge in [-0.1, -0.05) is 20.3 Å². The summed E-state index contributed by atoms with van der Waals surface area (Å²) in [5.74, 6) is 1.63. The van der Waals surface area contributed by atoms with E-state index in [1.807, 2.05) is 13.0 Å². The first kappa shape index (κ1) is 13.7. The molecule has 4 nitrogen and oxygen atoms in total. The molecule has 0 bridgehead atoms. The molecule has 0 saturated carbocycles. The molecule has 4 heteroatoms. The highest BCUT2D eigenvalue weighted by Crippen LogP contribution is 2.11. The van der Waals surface area contributed by atoms with Gasteiger partial charge < -0.3 is 10.6 Å². The molecular weight excluding hydrogens is 212 g/mol. The normalized spacial score (nSPS) is 12.2. The van der Waals surface area contributed by atoms with Crippen LogP contribution in [0.5, 0.6) is 0 Å². The molecule has 0 aliphatic carbocycles. The molecule has 0 radical (unpaired) electrons. The summed E-state index contributed by atoms with van der Waals surface area (Å²) in [6.45, 7) is 9.42. The summed E-state index contributed by atoms with van der Waals surface area (Å²) in [4.78, 5) is 8.84. The first-order chi connectivity index (χ1) is 8.15. The molecule has 1 unspecified atom stereocenters. The van der Waals surface area contributed by atoms with Crippen molar-refractivity contribution in [1.29, 1.82) is 0 Å². The summed E-state index contributed by atoms with van der Waals surface area (Å²) >= 11 is 0. The number of hydrogen-bond donors (Lipinski definition) is 2. The summed E-state index contributed by atoms with van der Waals surface area (Å²) in [6, 6.07) is 2.42. The second kappa shape index (κ2) is 7.09. The minimum atomic E-state index is 0.438. The van der Waals surface area contributed by atoms with E-state index in [-0.39, 0.29) is 0 Å². The van der Waals surface area contributed by atoms with E-state index in [9.17, 15) is 0 Å². The van der Waals surface area contributed by atoms with Crippen LogP contribution in [0.2, 0.25) is 0 Å². The topological polar surface area (TPSA) is 49.8 Å². The van der Waals surface area contributed by atoms with Crippen LogP contribution in [0.15, 0.2) is 6.07 Å². The molecule has 0 spiro atoms. The molecule has 0 aliphatic rings. The van der Waals surface area contributed by atoms with Gasteiger partial charge >= 0.3 is 0 Å². The Bertz CT molecular complexity index is 338. The van der Waals surface area contributed by atoms with Gasteiger partial charge in [-0.3, -0.25) is 0 Å². The summed E-state index contributed by atoms with van der Waals surface area (Å²) in [7, 11) is 0. The van der Waals surface area contributed by atoms with Gasteiger partial charge in [-0.25, -0.2) is 4.98 Å². The summed E-state index contributed by atoms with van der Waals surface area (Å²) in [5, 5.41) is 6.63. The molecule has 17 heavy (non-hydrogen) atoms. The molecular formula is C13H24N4. The molecule has 1 rings (SSSR count). The van der Waals surface area contributed by atoms with Gasteiger partial charge in [0.15, 0.2) is 0 Å². The summed E-state index contributed by atoms with van der Waals surface area (Å²) in [5.41, 5.74) is 0.991. The van der Waals surface area contributed by atoms with Crippen LogP contribution in [0.3, 0.4) is 0 Å². The molecule has 0 fully saturated rings. The first-order valence-corrected chi connectivity index (χ1v) is 6.51. The fourth-order valence-electron chi connectivity index (χ4n) is 1.45. The van der Waals surface area contributed by atoms with Crippen molar-refractivity contribution in [3.05, 3.63) is 11.8 Å². The predicted molar refractivity (Wildman–Crippen MR) is 73.5 cm³/mol. The Kier molecular flexibility index (Phi) is 5.73. The van der Waals surface area contributed by atoms with Crippen LogP contribution in [0.1, 0.15) is 45.7 Å². The Hall–Kier alpha value is -1.32. The van der Waals surface area contributed by atoms with Crippen molar-refractivity contribution >= 4 is 11.8 Å². The van der Waals surface area contributed by atoms with Crippen LogP contribution in [-0.4, -0.2) is 22.6 Å². The molecule has 0 saturated heterocycles. The van der Waals surface area contributed by atoms with E-state index in [0.29, 0.717) is 6.04 Å². The maximum absolute atomic E-state index is 4.46. The van der Waals surface area contributed by atoms with E-state index in [1.165, 1.54) is 6.42 Å². The Morgan fingerprint density at radius 1 is 1.29 bits per heavy atom. The van der Waals surface area contributed by atoms with Crippen molar-refractivity contribution in [1.82, 2.24) is 9.97 Å². The van der Waals surface area contributed by atoms with E-state index in [4.69, 9.17) is 0 Å². The minimum absolute atomic E-state index is 0.438. The summed E-state index contributed by atoms with van der Waals surface area (Å²) in [6.07, 6.45) is 3.41. The third-order valence-corrected chi connectivity index (χ3v) is 2.67. The maximum Gasteiger partial charge on any atom is 0.224 e. The van der Waals surface area contributed by atoms with Crippen molar-refractivity contribution in [2.75, 3.05) is 17.2 Å². The standard InChI is InChI=1S/C13H24N4/c1-5-7-8-14-13-16-11(4)9-12(17-13)15-10(3)6-2/h9-10H,5-8H2,1-4H3,(H2,14,15,16,17). The maximum atomic E-state index is 4.46. The fourth-order valence-corrected chi connectivity index (χ4v) is 1.45. The van der Waals surface area contributed by atoms with Crippen LogP contribution < -0.4 is 10.6 Å². The molecule has 1 aromatic heterocycles. The zero-order valence-electron chi connectivity index (χ0n) is 11.4. The van der Waals surface area contributed by atoms with Crippen molar-refractivity contribution < 1.29 is 0 Å². The first-order valence-electron chi connectivity index (χ1n) is 6.51. The van der Waals surface area contributed by atoms with Gasteiger partial charge in [0.25, 0.3) is 0 Å². The number of nitrogens with one attached hydrogen (secondary N) is 2. The Morgan fingerprint density at radius 2 is 2.06 bits per heavy atom. The Labute approximate surface area is 104 Å². The lowest BCUT2D eigenvalue weighted by Crippen LogP contribution is -2.16. The van der Waals surface area contributed by atoms with Crippen LogP contribution in [-0.2, 0) is 0 Å². The minimum Gasteiger partial charge on any atom is -0.367 e. The lowest BCUT2D eigenvalue weighted by molar-refractivity contribution is 0.757. The van der Waals surface area contributed by atoms with Crippen molar-refractivity contribution in [2.45, 2.75) is 53.0 Å². The molecule has 0 aliphatic heterocycles. The third-order valence-electron chi connectivity index (χ3n) is 2.67. The van der Waals surface area contributed by atoms with Crippen LogP contribution in [0.25, 0.3) is 0 Å². The van der Waals surface area contributed by atoms with Crippen molar-refractivity contribution in [3.63, 3.8) is 0 Å². The van der Waals surface area contributed by atoms with Crippen molar-refractivity contribution in [3.8, 4) is 0 Å². The van der Waals surface area contributed by atoms with Crippen LogP contribution in [0.4, 0.5) is 11.8 Å². The predicted octanol–water partition coefficient (Wildman–Crippen LogP) is 3.21. The molecule has 96 valence electrons. The zero-order chi connectivity index (χ0) is 12.7. The number of anilines is 2. The third kappa shape index (κ3) is 5.02. The number of aryl methyl sites for hydroxylation is 1. The van der Waals surface area contributed by atoms with E-state index >= 15 is 0 Å². The number of rotatable bonds is 7. The average molecular weight is 236 g/mol. The monoisotopic (exact) mass is 236 g/mol.